The van der Waals surface area contributed by atoms with Crippen molar-refractivity contribution in [3.63, 3.8) is 0 Å². The quantitative estimate of drug-likeness (QED) is 0.143. The van der Waals surface area contributed by atoms with Crippen molar-refractivity contribution in [2.45, 2.75) is 77.5 Å². The average molecular weight is 474 g/mol. The lowest BCUT2D eigenvalue weighted by atomic mass is 10.00. The van der Waals surface area contributed by atoms with Crippen LogP contribution in [0.2, 0.25) is 0 Å². The van der Waals surface area contributed by atoms with E-state index in [2.05, 4.69) is 16.0 Å². The van der Waals surface area contributed by atoms with Crippen LogP contribution < -0.4 is 27.4 Å². The number of aliphatic carboxylic acids is 2. The minimum absolute atomic E-state index is 0.0209. The van der Waals surface area contributed by atoms with Crippen molar-refractivity contribution >= 4 is 35.6 Å². The Kier molecular flexibility index (Phi) is 12.7. The van der Waals surface area contributed by atoms with Gasteiger partial charge >= 0.3 is 11.9 Å². The summed E-state index contributed by atoms with van der Waals surface area (Å²) in [5.41, 5.74) is 10.7. The van der Waals surface area contributed by atoms with Gasteiger partial charge in [0.1, 0.15) is 18.1 Å². The van der Waals surface area contributed by atoms with Crippen LogP contribution in [0.3, 0.4) is 0 Å². The third-order valence-electron chi connectivity index (χ3n) is 4.62. The summed E-state index contributed by atoms with van der Waals surface area (Å²) >= 11 is 0. The number of carboxylic acid groups (broad SMARTS) is 2. The minimum Gasteiger partial charge on any atom is -0.481 e. The van der Waals surface area contributed by atoms with Gasteiger partial charge in [-0.3, -0.25) is 24.0 Å². The number of primary amides is 1. The summed E-state index contributed by atoms with van der Waals surface area (Å²) in [5, 5.41) is 25.4. The van der Waals surface area contributed by atoms with Gasteiger partial charge < -0.3 is 37.6 Å². The zero-order valence-electron chi connectivity index (χ0n) is 19.3. The molecule has 0 saturated heterocycles. The molecular formula is C20H35N5O8. The van der Waals surface area contributed by atoms with Crippen LogP contribution in [0.5, 0.6) is 0 Å². The molecule has 33 heavy (non-hydrogen) atoms. The van der Waals surface area contributed by atoms with Crippen LogP contribution in [-0.4, -0.2) is 69.9 Å². The second-order valence-corrected chi connectivity index (χ2v) is 8.53. The van der Waals surface area contributed by atoms with Gasteiger partial charge in [-0.1, -0.05) is 27.7 Å². The van der Waals surface area contributed by atoms with Gasteiger partial charge in [0.2, 0.25) is 23.6 Å². The summed E-state index contributed by atoms with van der Waals surface area (Å²) < 4.78 is 0. The number of nitrogens with two attached hydrogens (primary N) is 2. The smallest absolute Gasteiger partial charge is 0.326 e. The Bertz CT molecular complexity index is 740. The Morgan fingerprint density at radius 2 is 1.36 bits per heavy atom. The normalized spacial score (nSPS) is 14.6. The van der Waals surface area contributed by atoms with E-state index in [1.807, 2.05) is 0 Å². The first-order valence-electron chi connectivity index (χ1n) is 10.5. The van der Waals surface area contributed by atoms with E-state index in [-0.39, 0.29) is 25.2 Å². The molecule has 0 saturated carbocycles. The van der Waals surface area contributed by atoms with E-state index in [4.69, 9.17) is 16.6 Å². The Balaban J connectivity index is 5.42. The summed E-state index contributed by atoms with van der Waals surface area (Å²) in [4.78, 5) is 71.1. The van der Waals surface area contributed by atoms with E-state index in [1.165, 1.54) is 0 Å². The van der Waals surface area contributed by atoms with Crippen LogP contribution in [0.25, 0.3) is 0 Å². The van der Waals surface area contributed by atoms with Crippen LogP contribution in [-0.2, 0) is 28.8 Å². The molecule has 0 aromatic carbocycles. The molecular weight excluding hydrogens is 438 g/mol. The highest BCUT2D eigenvalue weighted by Gasteiger charge is 2.33. The first kappa shape index (κ1) is 29.8. The first-order chi connectivity index (χ1) is 15.1. The lowest BCUT2D eigenvalue weighted by Crippen LogP contribution is -2.58. The minimum atomic E-state index is -1.56. The molecule has 0 aromatic rings. The summed E-state index contributed by atoms with van der Waals surface area (Å²) in [6.07, 6.45) is -0.911. The van der Waals surface area contributed by atoms with E-state index in [0.29, 0.717) is 0 Å². The maximum atomic E-state index is 12.7. The molecule has 4 amide bonds. The third kappa shape index (κ3) is 11.8. The molecule has 13 nitrogen and oxygen atoms in total. The molecule has 4 atom stereocenters. The number of carbonyl (C=O) groups is 6. The highest BCUT2D eigenvalue weighted by Crippen LogP contribution is 2.09. The molecule has 0 spiro atoms. The standard InChI is InChI=1S/C20H35N5O8/c1-9(2)7-13(20(32)33)24-19(31)16(10(3)4)25-18(30)12(8-15(27)28)23-17(29)11(21)5-6-14(22)26/h9-13,16H,5-8,21H2,1-4H3,(H2,22,26)(H,23,29)(H,24,31)(H,25,30)(H,27,28)(H,32,33)/t11-,12-,13-,16-/m0/s1. The predicted molar refractivity (Wildman–Crippen MR) is 116 cm³/mol. The van der Waals surface area contributed by atoms with Crippen LogP contribution in [0.15, 0.2) is 0 Å². The van der Waals surface area contributed by atoms with Crippen molar-refractivity contribution in [3.05, 3.63) is 0 Å². The summed E-state index contributed by atoms with van der Waals surface area (Å²) in [6, 6.07) is -5.13. The Labute approximate surface area is 192 Å². The fourth-order valence-electron chi connectivity index (χ4n) is 2.83. The number of hydrogen-bond acceptors (Lipinski definition) is 7. The summed E-state index contributed by atoms with van der Waals surface area (Å²) in [6.45, 7) is 6.79. The van der Waals surface area contributed by atoms with Crippen LogP contribution in [0.4, 0.5) is 0 Å². The molecule has 0 fully saturated rings. The molecule has 0 aliphatic heterocycles. The second-order valence-electron chi connectivity index (χ2n) is 8.53. The van der Waals surface area contributed by atoms with Crippen molar-refractivity contribution in [2.75, 3.05) is 0 Å². The van der Waals surface area contributed by atoms with Crippen molar-refractivity contribution in [3.8, 4) is 0 Å². The van der Waals surface area contributed by atoms with Gasteiger partial charge in [-0.05, 0) is 24.7 Å². The molecule has 0 heterocycles. The maximum absolute atomic E-state index is 12.7. The topological polar surface area (TPSA) is 231 Å². The second kappa shape index (κ2) is 14.0. The fourth-order valence-corrected chi connectivity index (χ4v) is 2.83. The molecule has 0 radical (unpaired) electrons. The molecule has 13 heteroatoms. The predicted octanol–water partition coefficient (Wildman–Crippen LogP) is -1.70. The number of nitrogens with one attached hydrogen (secondary N) is 3. The van der Waals surface area contributed by atoms with Gasteiger partial charge in [0.05, 0.1) is 12.5 Å². The molecule has 9 N–H and O–H groups in total. The van der Waals surface area contributed by atoms with Gasteiger partial charge in [0.25, 0.3) is 0 Å². The van der Waals surface area contributed by atoms with Crippen LogP contribution in [0.1, 0.15) is 53.4 Å². The Morgan fingerprint density at radius 1 is 0.818 bits per heavy atom. The van der Waals surface area contributed by atoms with Gasteiger partial charge in [0.15, 0.2) is 0 Å². The van der Waals surface area contributed by atoms with Crippen molar-refractivity contribution in [1.29, 1.82) is 0 Å². The molecule has 188 valence electrons. The van der Waals surface area contributed by atoms with E-state index in [9.17, 15) is 33.9 Å². The van der Waals surface area contributed by atoms with Gasteiger partial charge in [-0.2, -0.15) is 0 Å². The summed E-state index contributed by atoms with van der Waals surface area (Å²) in [5.74, 6) is -6.40. The third-order valence-corrected chi connectivity index (χ3v) is 4.62. The molecule has 0 aliphatic carbocycles. The lowest BCUT2D eigenvalue weighted by molar-refractivity contribution is -0.144. The van der Waals surface area contributed by atoms with E-state index in [0.717, 1.165) is 0 Å². The maximum Gasteiger partial charge on any atom is 0.326 e. The van der Waals surface area contributed by atoms with Gasteiger partial charge in [-0.25, -0.2) is 4.79 Å². The SMILES string of the molecule is CC(C)C[C@H](NC(=O)[C@@H](NC(=O)[C@H](CC(=O)O)NC(=O)[C@@H](N)CCC(N)=O)C(C)C)C(=O)O. The van der Waals surface area contributed by atoms with Gasteiger partial charge in [0, 0.05) is 6.42 Å². The van der Waals surface area contributed by atoms with Crippen LogP contribution in [0, 0.1) is 11.8 Å². The highest BCUT2D eigenvalue weighted by atomic mass is 16.4. The molecule has 0 unspecified atom stereocenters. The molecule has 0 aromatic heterocycles. The van der Waals surface area contributed by atoms with E-state index in [1.54, 1.807) is 27.7 Å². The average Bonchev–Trinajstić information content (AvgIpc) is 2.67. The molecule has 0 bridgehead atoms. The van der Waals surface area contributed by atoms with Crippen molar-refractivity contribution < 1.29 is 39.0 Å². The van der Waals surface area contributed by atoms with E-state index < -0.39 is 72.1 Å². The number of rotatable bonds is 15. The molecule has 0 aliphatic rings. The Morgan fingerprint density at radius 3 is 1.79 bits per heavy atom. The first-order valence-corrected chi connectivity index (χ1v) is 10.5. The number of carboxylic acids is 2. The fraction of sp³-hybridized carbons (Fsp3) is 0.700. The zero-order chi connectivity index (χ0) is 25.9. The number of amides is 4. The van der Waals surface area contributed by atoms with Crippen LogP contribution >= 0.6 is 0 Å². The van der Waals surface area contributed by atoms with Crippen molar-refractivity contribution in [2.24, 2.45) is 23.3 Å². The highest BCUT2D eigenvalue weighted by molar-refractivity contribution is 5.95. The largest absolute Gasteiger partial charge is 0.481 e. The Hall–Kier alpha value is -3.22. The van der Waals surface area contributed by atoms with Crippen molar-refractivity contribution in [1.82, 2.24) is 16.0 Å². The zero-order valence-corrected chi connectivity index (χ0v) is 19.3. The molecule has 0 rings (SSSR count). The number of hydrogen-bond donors (Lipinski definition) is 7. The van der Waals surface area contributed by atoms with E-state index >= 15 is 0 Å². The monoisotopic (exact) mass is 473 g/mol. The lowest BCUT2D eigenvalue weighted by Gasteiger charge is -2.27. The number of carbonyl (C=O) groups excluding carboxylic acids is 4. The van der Waals surface area contributed by atoms with Gasteiger partial charge in [-0.15, -0.1) is 0 Å². The summed E-state index contributed by atoms with van der Waals surface area (Å²) in [7, 11) is 0.